The quantitative estimate of drug-likeness (QED) is 0.861. The van der Waals surface area contributed by atoms with Gasteiger partial charge in [-0.3, -0.25) is 9.78 Å². The minimum Gasteiger partial charge on any atom is -0.489 e. The van der Waals surface area contributed by atoms with Gasteiger partial charge in [-0.2, -0.15) is 0 Å². The van der Waals surface area contributed by atoms with Gasteiger partial charge in [-0.15, -0.1) is 24.8 Å². The van der Waals surface area contributed by atoms with Gasteiger partial charge in [0.25, 0.3) is 0 Å². The fraction of sp³-hybridized carbons (Fsp3) is 0.250. The van der Waals surface area contributed by atoms with Gasteiger partial charge in [-0.25, -0.2) is 0 Å². The summed E-state index contributed by atoms with van der Waals surface area (Å²) in [4.78, 5) is 15.9. The minimum absolute atomic E-state index is 0. The number of aromatic nitrogens is 1. The van der Waals surface area contributed by atoms with Gasteiger partial charge in [0.1, 0.15) is 12.4 Å². The van der Waals surface area contributed by atoms with Gasteiger partial charge in [-0.05, 0) is 32.0 Å². The van der Waals surface area contributed by atoms with E-state index >= 15 is 0 Å². The maximum absolute atomic E-state index is 11.8. The molecule has 1 aromatic heterocycles. The fourth-order valence-corrected chi connectivity index (χ4v) is 1.61. The molecule has 0 saturated heterocycles. The summed E-state index contributed by atoms with van der Waals surface area (Å²) >= 11 is 0. The Labute approximate surface area is 148 Å². The summed E-state index contributed by atoms with van der Waals surface area (Å²) < 4.78 is 5.68. The molecule has 2 aromatic rings. The molecule has 0 spiro atoms. The zero-order chi connectivity index (χ0) is 15.3. The van der Waals surface area contributed by atoms with Crippen molar-refractivity contribution >= 4 is 36.4 Å². The summed E-state index contributed by atoms with van der Waals surface area (Å²) in [6.07, 6.45) is 3.47. The van der Waals surface area contributed by atoms with Gasteiger partial charge in [-0.1, -0.05) is 12.1 Å². The third kappa shape index (κ3) is 6.86. The van der Waals surface area contributed by atoms with Gasteiger partial charge in [0, 0.05) is 29.7 Å². The molecule has 2 rings (SSSR count). The van der Waals surface area contributed by atoms with E-state index < -0.39 is 5.54 Å². The number of hydrogen-bond donors (Lipinski definition) is 2. The SMILES string of the molecule is CC(C)(N)C(=O)Nc1cccc(OCc2cccnc2)c1.Cl.Cl. The highest BCUT2D eigenvalue weighted by Gasteiger charge is 2.21. The Morgan fingerprint density at radius 2 is 2.00 bits per heavy atom. The van der Waals surface area contributed by atoms with Crippen LogP contribution < -0.4 is 15.8 Å². The lowest BCUT2D eigenvalue weighted by atomic mass is 10.1. The van der Waals surface area contributed by atoms with E-state index in [9.17, 15) is 4.79 Å². The molecule has 1 heterocycles. The van der Waals surface area contributed by atoms with Crippen LogP contribution in [0.3, 0.4) is 0 Å². The first-order chi connectivity index (χ1) is 9.95. The monoisotopic (exact) mass is 357 g/mol. The maximum Gasteiger partial charge on any atom is 0.243 e. The molecule has 1 amide bonds. The van der Waals surface area contributed by atoms with Crippen LogP contribution in [-0.2, 0) is 11.4 Å². The lowest BCUT2D eigenvalue weighted by molar-refractivity contribution is -0.120. The maximum atomic E-state index is 11.8. The minimum atomic E-state index is -0.924. The molecule has 7 heteroatoms. The molecule has 126 valence electrons. The zero-order valence-corrected chi connectivity index (χ0v) is 14.6. The number of nitrogens with zero attached hydrogens (tertiary/aromatic N) is 1. The topological polar surface area (TPSA) is 77.2 Å². The zero-order valence-electron chi connectivity index (χ0n) is 13.0. The second kappa shape index (κ2) is 9.35. The number of nitrogens with two attached hydrogens (primary N) is 1. The first-order valence-corrected chi connectivity index (χ1v) is 6.67. The summed E-state index contributed by atoms with van der Waals surface area (Å²) in [5, 5.41) is 2.76. The normalized spacial score (nSPS) is 10.0. The molecule has 0 radical (unpaired) electrons. The van der Waals surface area contributed by atoms with Crippen molar-refractivity contribution < 1.29 is 9.53 Å². The van der Waals surface area contributed by atoms with Gasteiger partial charge in [0.2, 0.25) is 5.91 Å². The van der Waals surface area contributed by atoms with Crippen LogP contribution >= 0.6 is 24.8 Å². The van der Waals surface area contributed by atoms with E-state index in [1.165, 1.54) is 0 Å². The summed E-state index contributed by atoms with van der Waals surface area (Å²) in [6, 6.07) is 11.0. The van der Waals surface area contributed by atoms with Crippen molar-refractivity contribution in [1.29, 1.82) is 0 Å². The molecule has 5 nitrogen and oxygen atoms in total. The largest absolute Gasteiger partial charge is 0.489 e. The van der Waals surface area contributed by atoms with Gasteiger partial charge < -0.3 is 15.8 Å². The number of ether oxygens (including phenoxy) is 1. The molecule has 0 aliphatic rings. The Morgan fingerprint density at radius 1 is 1.26 bits per heavy atom. The molecule has 0 bridgehead atoms. The van der Waals surface area contributed by atoms with E-state index in [0.717, 1.165) is 5.56 Å². The molecule has 0 aliphatic carbocycles. The molecule has 0 unspecified atom stereocenters. The number of carbonyl (C=O) groups is 1. The predicted octanol–water partition coefficient (Wildman–Crippen LogP) is 3.18. The number of amides is 1. The Bertz CT molecular complexity index is 616. The van der Waals surface area contributed by atoms with E-state index in [1.54, 1.807) is 38.4 Å². The van der Waals surface area contributed by atoms with Crippen LogP contribution in [0, 0.1) is 0 Å². The van der Waals surface area contributed by atoms with Crippen molar-refractivity contribution in [1.82, 2.24) is 4.98 Å². The number of rotatable bonds is 5. The summed E-state index contributed by atoms with van der Waals surface area (Å²) in [7, 11) is 0. The van der Waals surface area contributed by atoms with E-state index in [4.69, 9.17) is 10.5 Å². The van der Waals surface area contributed by atoms with E-state index in [-0.39, 0.29) is 30.7 Å². The summed E-state index contributed by atoms with van der Waals surface area (Å²) in [6.45, 7) is 3.74. The number of pyridine rings is 1. The second-order valence-electron chi connectivity index (χ2n) is 5.35. The van der Waals surface area contributed by atoms with Crippen LogP contribution in [0.1, 0.15) is 19.4 Å². The number of carbonyl (C=O) groups excluding carboxylic acids is 1. The Balaban J connectivity index is 0.00000242. The van der Waals surface area contributed by atoms with Crippen LogP contribution in [0.4, 0.5) is 5.69 Å². The number of anilines is 1. The van der Waals surface area contributed by atoms with Crippen molar-refractivity contribution in [2.24, 2.45) is 5.73 Å². The smallest absolute Gasteiger partial charge is 0.243 e. The molecular weight excluding hydrogens is 337 g/mol. The molecule has 0 atom stereocenters. The molecule has 0 fully saturated rings. The van der Waals surface area contributed by atoms with E-state index in [1.807, 2.05) is 24.3 Å². The Kier molecular flexibility index (Phi) is 8.61. The number of halogens is 2. The van der Waals surface area contributed by atoms with Crippen LogP contribution in [0.25, 0.3) is 0 Å². The fourth-order valence-electron chi connectivity index (χ4n) is 1.61. The molecule has 1 aromatic carbocycles. The Hall–Kier alpha value is -1.82. The first kappa shape index (κ1) is 21.2. The van der Waals surface area contributed by atoms with Gasteiger partial charge in [0.15, 0.2) is 0 Å². The lowest BCUT2D eigenvalue weighted by Gasteiger charge is -2.18. The highest BCUT2D eigenvalue weighted by atomic mass is 35.5. The van der Waals surface area contributed by atoms with Crippen molar-refractivity contribution in [3.05, 3.63) is 54.4 Å². The van der Waals surface area contributed by atoms with Crippen LogP contribution in [0.5, 0.6) is 5.75 Å². The summed E-state index contributed by atoms with van der Waals surface area (Å²) in [5.41, 5.74) is 6.46. The van der Waals surface area contributed by atoms with E-state index in [2.05, 4.69) is 10.3 Å². The highest BCUT2D eigenvalue weighted by Crippen LogP contribution is 2.19. The van der Waals surface area contributed by atoms with Gasteiger partial charge >= 0.3 is 0 Å². The van der Waals surface area contributed by atoms with Crippen LogP contribution in [-0.4, -0.2) is 16.4 Å². The lowest BCUT2D eigenvalue weighted by Crippen LogP contribution is -2.45. The van der Waals surface area contributed by atoms with E-state index in [0.29, 0.717) is 18.0 Å². The van der Waals surface area contributed by atoms with Gasteiger partial charge in [0.05, 0.1) is 5.54 Å². The average Bonchev–Trinajstić information content (AvgIpc) is 2.46. The predicted molar refractivity (Wildman–Crippen MR) is 96.4 cm³/mol. The first-order valence-electron chi connectivity index (χ1n) is 6.67. The van der Waals surface area contributed by atoms with Crippen molar-refractivity contribution in [2.75, 3.05) is 5.32 Å². The molecule has 0 aliphatic heterocycles. The number of benzene rings is 1. The van der Waals surface area contributed by atoms with Crippen molar-refractivity contribution in [2.45, 2.75) is 26.0 Å². The number of hydrogen-bond acceptors (Lipinski definition) is 4. The average molecular weight is 358 g/mol. The highest BCUT2D eigenvalue weighted by molar-refractivity contribution is 5.97. The van der Waals surface area contributed by atoms with Crippen LogP contribution in [0.2, 0.25) is 0 Å². The standard InChI is InChI=1S/C16H19N3O2.2ClH/c1-16(2,17)15(20)19-13-6-3-7-14(9-13)21-11-12-5-4-8-18-10-12;;/h3-10H,11,17H2,1-2H3,(H,19,20);2*1H. The third-order valence-corrected chi connectivity index (χ3v) is 2.81. The molecule has 23 heavy (non-hydrogen) atoms. The molecule has 3 N–H and O–H groups in total. The number of nitrogens with one attached hydrogen (secondary N) is 1. The van der Waals surface area contributed by atoms with Crippen molar-refractivity contribution in [3.63, 3.8) is 0 Å². The van der Waals surface area contributed by atoms with Crippen LogP contribution in [0.15, 0.2) is 48.8 Å². The van der Waals surface area contributed by atoms with Crippen molar-refractivity contribution in [3.8, 4) is 5.75 Å². The Morgan fingerprint density at radius 3 is 2.61 bits per heavy atom. The summed E-state index contributed by atoms with van der Waals surface area (Å²) in [5.74, 6) is 0.429. The second-order valence-corrected chi connectivity index (χ2v) is 5.35. The molecule has 0 saturated carbocycles. The molecular formula is C16H21Cl2N3O2. The third-order valence-electron chi connectivity index (χ3n) is 2.81.